The van der Waals surface area contributed by atoms with Gasteiger partial charge in [0, 0.05) is 0 Å². The van der Waals surface area contributed by atoms with Gasteiger partial charge in [0.25, 0.3) is 0 Å². The molecule has 102 valence electrons. The minimum absolute atomic E-state index is 0.862. The van der Waals surface area contributed by atoms with Crippen molar-refractivity contribution in [3.63, 3.8) is 0 Å². The van der Waals surface area contributed by atoms with Crippen LogP contribution in [-0.4, -0.2) is 31.1 Å². The lowest BCUT2D eigenvalue weighted by atomic mass is 9.88. The number of nitrogens with zero attached hydrogens (tertiary/aromatic N) is 1. The zero-order valence-corrected chi connectivity index (χ0v) is 12.0. The van der Waals surface area contributed by atoms with Gasteiger partial charge in [-0.2, -0.15) is 0 Å². The Morgan fingerprint density at radius 3 is 2.29 bits per heavy atom. The van der Waals surface area contributed by atoms with Crippen LogP contribution in [0.5, 0.6) is 0 Å². The minimum atomic E-state index is 0.862. The lowest BCUT2D eigenvalue weighted by molar-refractivity contribution is 0.168. The molecule has 1 heterocycles. The molecule has 0 bridgehead atoms. The van der Waals surface area contributed by atoms with Gasteiger partial charge in [0.2, 0.25) is 0 Å². The first-order valence-electron chi connectivity index (χ1n) is 7.64. The Labute approximate surface area is 108 Å². The average molecular weight is 240 g/mol. The van der Waals surface area contributed by atoms with E-state index in [1.54, 1.807) is 0 Å². The van der Waals surface area contributed by atoms with E-state index >= 15 is 0 Å². The van der Waals surface area contributed by atoms with Gasteiger partial charge >= 0.3 is 0 Å². The van der Waals surface area contributed by atoms with Gasteiger partial charge in [0.05, 0.1) is 0 Å². The van der Waals surface area contributed by atoms with Crippen molar-refractivity contribution < 1.29 is 0 Å². The minimum Gasteiger partial charge on any atom is -0.330 e. The molecular formula is C15H32N2. The third kappa shape index (κ3) is 7.05. The van der Waals surface area contributed by atoms with Crippen molar-refractivity contribution in [1.82, 2.24) is 4.90 Å². The zero-order chi connectivity index (χ0) is 12.5. The molecule has 1 rings (SSSR count). The summed E-state index contributed by atoms with van der Waals surface area (Å²) in [5.74, 6) is 1.88. The fourth-order valence-corrected chi connectivity index (χ4v) is 2.95. The Hall–Kier alpha value is -0.0800. The van der Waals surface area contributed by atoms with Crippen molar-refractivity contribution >= 4 is 0 Å². The lowest BCUT2D eigenvalue weighted by Crippen LogP contribution is -2.34. The van der Waals surface area contributed by atoms with Crippen LogP contribution in [0.2, 0.25) is 0 Å². The normalized spacial score (nSPS) is 19.1. The maximum atomic E-state index is 5.50. The summed E-state index contributed by atoms with van der Waals surface area (Å²) in [6.45, 7) is 9.57. The van der Waals surface area contributed by atoms with Crippen LogP contribution >= 0.6 is 0 Å². The summed E-state index contributed by atoms with van der Waals surface area (Å²) < 4.78 is 0. The van der Waals surface area contributed by atoms with Crippen molar-refractivity contribution in [2.45, 2.75) is 58.8 Å². The van der Waals surface area contributed by atoms with Crippen molar-refractivity contribution in [2.75, 3.05) is 26.2 Å². The summed E-state index contributed by atoms with van der Waals surface area (Å²) >= 11 is 0. The van der Waals surface area contributed by atoms with Crippen LogP contribution in [0.25, 0.3) is 0 Å². The molecule has 0 aromatic heterocycles. The average Bonchev–Trinajstić information content (AvgIpc) is 2.30. The summed E-state index contributed by atoms with van der Waals surface area (Å²) in [5, 5.41) is 0. The van der Waals surface area contributed by atoms with Gasteiger partial charge in [0.1, 0.15) is 0 Å². The number of nitrogens with two attached hydrogens (primary N) is 1. The van der Waals surface area contributed by atoms with Crippen molar-refractivity contribution in [2.24, 2.45) is 17.6 Å². The first-order chi connectivity index (χ1) is 8.22. The largest absolute Gasteiger partial charge is 0.330 e. The van der Waals surface area contributed by atoms with E-state index in [2.05, 4.69) is 18.7 Å². The van der Waals surface area contributed by atoms with Gasteiger partial charge in [-0.05, 0) is 70.1 Å². The molecule has 1 aliphatic rings. The summed E-state index contributed by atoms with van der Waals surface area (Å²) in [6.07, 6.45) is 9.56. The van der Waals surface area contributed by atoms with E-state index < -0.39 is 0 Å². The molecule has 1 aliphatic heterocycles. The molecule has 1 saturated heterocycles. The molecular weight excluding hydrogens is 208 g/mol. The molecule has 0 amide bonds. The van der Waals surface area contributed by atoms with Gasteiger partial charge in [-0.3, -0.25) is 0 Å². The predicted octanol–water partition coefficient (Wildman–Crippen LogP) is 3.26. The molecule has 0 atom stereocenters. The smallest absolute Gasteiger partial charge is 0.00161 e. The van der Waals surface area contributed by atoms with Crippen LogP contribution in [0.3, 0.4) is 0 Å². The highest BCUT2D eigenvalue weighted by molar-refractivity contribution is 4.73. The second-order valence-corrected chi connectivity index (χ2v) is 6.12. The maximum Gasteiger partial charge on any atom is -0.00161 e. The zero-order valence-electron chi connectivity index (χ0n) is 12.0. The quantitative estimate of drug-likeness (QED) is 0.660. The van der Waals surface area contributed by atoms with Gasteiger partial charge in [-0.15, -0.1) is 0 Å². The number of likely N-dealkylation sites (tertiary alicyclic amines) is 1. The van der Waals surface area contributed by atoms with E-state index in [1.807, 2.05) is 0 Å². The van der Waals surface area contributed by atoms with E-state index in [9.17, 15) is 0 Å². The Morgan fingerprint density at radius 2 is 1.71 bits per heavy atom. The van der Waals surface area contributed by atoms with Crippen LogP contribution in [-0.2, 0) is 0 Å². The predicted molar refractivity (Wildman–Crippen MR) is 76.1 cm³/mol. The van der Waals surface area contributed by atoms with Gasteiger partial charge in [0.15, 0.2) is 0 Å². The van der Waals surface area contributed by atoms with Crippen molar-refractivity contribution in [1.29, 1.82) is 0 Å². The third-order valence-electron chi connectivity index (χ3n) is 3.94. The van der Waals surface area contributed by atoms with E-state index in [4.69, 9.17) is 5.73 Å². The molecule has 0 radical (unpaired) electrons. The number of unbranched alkanes of at least 4 members (excludes halogenated alkanes) is 3. The molecule has 0 saturated carbocycles. The molecule has 0 unspecified atom stereocenters. The monoisotopic (exact) mass is 240 g/mol. The van der Waals surface area contributed by atoms with Crippen LogP contribution in [0.4, 0.5) is 0 Å². The van der Waals surface area contributed by atoms with Gasteiger partial charge < -0.3 is 10.6 Å². The Balaban J connectivity index is 1.99. The van der Waals surface area contributed by atoms with Crippen LogP contribution in [0.1, 0.15) is 58.8 Å². The topological polar surface area (TPSA) is 29.3 Å². The number of hydrogen-bond donors (Lipinski definition) is 1. The van der Waals surface area contributed by atoms with E-state index in [-0.39, 0.29) is 0 Å². The molecule has 0 spiro atoms. The molecule has 1 fully saturated rings. The van der Waals surface area contributed by atoms with Gasteiger partial charge in [-0.25, -0.2) is 0 Å². The van der Waals surface area contributed by atoms with E-state index in [0.29, 0.717) is 0 Å². The first kappa shape index (κ1) is 15.0. The fraction of sp³-hybridized carbons (Fsp3) is 1.00. The molecule has 0 aromatic carbocycles. The van der Waals surface area contributed by atoms with Crippen LogP contribution < -0.4 is 5.73 Å². The summed E-state index contributed by atoms with van der Waals surface area (Å²) in [6, 6.07) is 0. The molecule has 17 heavy (non-hydrogen) atoms. The highest BCUT2D eigenvalue weighted by atomic mass is 15.1. The van der Waals surface area contributed by atoms with Crippen molar-refractivity contribution in [3.05, 3.63) is 0 Å². The maximum absolute atomic E-state index is 5.50. The highest BCUT2D eigenvalue weighted by Crippen LogP contribution is 2.24. The lowest BCUT2D eigenvalue weighted by Gasteiger charge is -2.32. The Kier molecular flexibility index (Phi) is 7.87. The summed E-state index contributed by atoms with van der Waals surface area (Å²) in [5.41, 5.74) is 5.50. The van der Waals surface area contributed by atoms with Crippen LogP contribution in [0.15, 0.2) is 0 Å². The molecule has 2 heteroatoms. The molecule has 2 N–H and O–H groups in total. The highest BCUT2D eigenvalue weighted by Gasteiger charge is 2.19. The molecule has 2 nitrogen and oxygen atoms in total. The fourth-order valence-electron chi connectivity index (χ4n) is 2.95. The Morgan fingerprint density at radius 1 is 1.06 bits per heavy atom. The third-order valence-corrected chi connectivity index (χ3v) is 3.94. The van der Waals surface area contributed by atoms with E-state index in [0.717, 1.165) is 18.4 Å². The molecule has 0 aliphatic carbocycles. The standard InChI is InChI=1S/C15H32N2/c1-14(2)13-15-7-11-17(12-8-15)10-6-4-3-5-9-16/h14-15H,3-13,16H2,1-2H3. The first-order valence-corrected chi connectivity index (χ1v) is 7.64. The second-order valence-electron chi connectivity index (χ2n) is 6.12. The number of rotatable bonds is 8. The summed E-state index contributed by atoms with van der Waals surface area (Å²) in [4.78, 5) is 2.67. The summed E-state index contributed by atoms with van der Waals surface area (Å²) in [7, 11) is 0. The second kappa shape index (κ2) is 8.93. The SMILES string of the molecule is CC(C)CC1CCN(CCCCCCN)CC1. The van der Waals surface area contributed by atoms with Crippen molar-refractivity contribution in [3.8, 4) is 0 Å². The molecule has 0 aromatic rings. The van der Waals surface area contributed by atoms with E-state index in [1.165, 1.54) is 64.6 Å². The van der Waals surface area contributed by atoms with Gasteiger partial charge in [-0.1, -0.05) is 26.7 Å². The number of hydrogen-bond acceptors (Lipinski definition) is 2. The Bertz CT molecular complexity index is 172. The number of piperidine rings is 1. The van der Waals surface area contributed by atoms with Crippen LogP contribution in [0, 0.1) is 11.8 Å².